The Balaban J connectivity index is 2.45. The number of alkyl halides is 3. The number of hydrogen-bond acceptors (Lipinski definition) is 3. The van der Waals surface area contributed by atoms with E-state index in [1.54, 1.807) is 6.07 Å². The molecular formula is C13H6ClF4N3. The van der Waals surface area contributed by atoms with E-state index in [9.17, 15) is 17.6 Å². The monoisotopic (exact) mass is 315 g/mol. The number of aromatic nitrogens is 1. The van der Waals surface area contributed by atoms with Crippen LogP contribution < -0.4 is 5.32 Å². The van der Waals surface area contributed by atoms with Gasteiger partial charge in [0.15, 0.2) is 0 Å². The van der Waals surface area contributed by atoms with E-state index in [2.05, 4.69) is 10.3 Å². The Hall–Kier alpha value is -2.33. The summed E-state index contributed by atoms with van der Waals surface area (Å²) >= 11 is 5.77. The van der Waals surface area contributed by atoms with Gasteiger partial charge in [0, 0.05) is 0 Å². The molecule has 0 bridgehead atoms. The van der Waals surface area contributed by atoms with Gasteiger partial charge < -0.3 is 5.32 Å². The van der Waals surface area contributed by atoms with E-state index >= 15 is 0 Å². The van der Waals surface area contributed by atoms with E-state index in [1.165, 1.54) is 6.07 Å². The van der Waals surface area contributed by atoms with E-state index in [0.717, 1.165) is 18.2 Å². The quantitative estimate of drug-likeness (QED) is 0.830. The summed E-state index contributed by atoms with van der Waals surface area (Å²) in [5.41, 5.74) is -1.10. The molecule has 3 nitrogen and oxygen atoms in total. The molecule has 0 saturated carbocycles. The van der Waals surface area contributed by atoms with Gasteiger partial charge in [0.1, 0.15) is 23.4 Å². The molecule has 0 aliphatic heterocycles. The topological polar surface area (TPSA) is 48.7 Å². The molecule has 108 valence electrons. The van der Waals surface area contributed by atoms with Crippen molar-refractivity contribution in [2.75, 3.05) is 5.32 Å². The fourth-order valence-corrected chi connectivity index (χ4v) is 1.74. The average molecular weight is 316 g/mol. The van der Waals surface area contributed by atoms with Crippen LogP contribution in [0, 0.1) is 17.1 Å². The number of rotatable bonds is 2. The predicted molar refractivity (Wildman–Crippen MR) is 68.6 cm³/mol. The molecule has 1 aromatic carbocycles. The molecule has 0 radical (unpaired) electrons. The Morgan fingerprint density at radius 3 is 2.48 bits per heavy atom. The summed E-state index contributed by atoms with van der Waals surface area (Å²) in [6, 6.07) is 6.72. The molecule has 1 N–H and O–H groups in total. The van der Waals surface area contributed by atoms with Gasteiger partial charge in [0.2, 0.25) is 0 Å². The number of nitriles is 1. The first kappa shape index (κ1) is 15.1. The molecule has 0 aliphatic rings. The fourth-order valence-electron chi connectivity index (χ4n) is 1.52. The highest BCUT2D eigenvalue weighted by atomic mass is 35.5. The van der Waals surface area contributed by atoms with Crippen LogP contribution in [0.25, 0.3) is 0 Å². The van der Waals surface area contributed by atoms with Crippen molar-refractivity contribution in [1.29, 1.82) is 5.26 Å². The molecule has 0 spiro atoms. The van der Waals surface area contributed by atoms with Gasteiger partial charge in [-0.3, -0.25) is 0 Å². The normalized spacial score (nSPS) is 11.0. The van der Waals surface area contributed by atoms with E-state index < -0.39 is 17.7 Å². The van der Waals surface area contributed by atoms with Gasteiger partial charge in [0.05, 0.1) is 16.3 Å². The zero-order valence-electron chi connectivity index (χ0n) is 10.2. The molecule has 0 fully saturated rings. The summed E-state index contributed by atoms with van der Waals surface area (Å²) in [7, 11) is 0. The van der Waals surface area contributed by atoms with Crippen LogP contribution in [0.1, 0.15) is 11.3 Å². The van der Waals surface area contributed by atoms with Gasteiger partial charge >= 0.3 is 6.18 Å². The molecule has 1 heterocycles. The van der Waals surface area contributed by atoms with Gasteiger partial charge in [-0.25, -0.2) is 9.37 Å². The van der Waals surface area contributed by atoms with E-state index in [1.807, 2.05) is 0 Å². The lowest BCUT2D eigenvalue weighted by Crippen LogP contribution is -2.10. The lowest BCUT2D eigenvalue weighted by molar-refractivity contribution is -0.141. The highest BCUT2D eigenvalue weighted by Gasteiger charge is 2.33. The van der Waals surface area contributed by atoms with Gasteiger partial charge in [-0.05, 0) is 30.3 Å². The number of halogens is 5. The third-order valence-corrected chi connectivity index (χ3v) is 2.80. The maximum Gasteiger partial charge on any atom is 0.433 e. The summed E-state index contributed by atoms with van der Waals surface area (Å²) in [5, 5.41) is 11.4. The second-order valence-corrected chi connectivity index (χ2v) is 4.36. The number of anilines is 2. The lowest BCUT2D eigenvalue weighted by atomic mass is 10.2. The van der Waals surface area contributed by atoms with Crippen molar-refractivity contribution in [3.8, 4) is 6.07 Å². The predicted octanol–water partition coefficient (Wildman–Crippen LogP) is 4.51. The van der Waals surface area contributed by atoms with E-state index in [4.69, 9.17) is 16.9 Å². The van der Waals surface area contributed by atoms with Gasteiger partial charge in [-0.1, -0.05) is 11.6 Å². The van der Waals surface area contributed by atoms with Gasteiger partial charge in [0.25, 0.3) is 0 Å². The number of nitrogens with zero attached hydrogens (tertiary/aromatic N) is 2. The summed E-state index contributed by atoms with van der Waals surface area (Å²) < 4.78 is 50.8. The van der Waals surface area contributed by atoms with Crippen LogP contribution in [0.5, 0.6) is 0 Å². The number of pyridine rings is 1. The maximum atomic E-state index is 12.9. The first-order chi connectivity index (χ1) is 9.81. The van der Waals surface area contributed by atoms with Crippen molar-refractivity contribution in [3.63, 3.8) is 0 Å². The summed E-state index contributed by atoms with van der Waals surface area (Å²) in [6.07, 6.45) is -4.64. The van der Waals surface area contributed by atoms with Crippen molar-refractivity contribution >= 4 is 23.1 Å². The Morgan fingerprint density at radius 1 is 1.19 bits per heavy atom. The van der Waals surface area contributed by atoms with Crippen molar-refractivity contribution in [2.24, 2.45) is 0 Å². The third-order valence-electron chi connectivity index (χ3n) is 2.49. The van der Waals surface area contributed by atoms with Crippen LogP contribution in [0.15, 0.2) is 30.3 Å². The van der Waals surface area contributed by atoms with Crippen LogP contribution in [0.4, 0.5) is 29.1 Å². The standard InChI is InChI=1S/C13H6ClF4N3/c14-9-5-8(15)2-3-10(9)20-12-7(6-19)1-4-11(21-12)13(16,17)18/h1-5H,(H,20,21). The first-order valence-electron chi connectivity index (χ1n) is 5.51. The Morgan fingerprint density at radius 2 is 1.90 bits per heavy atom. The summed E-state index contributed by atoms with van der Waals surface area (Å²) in [6.45, 7) is 0. The van der Waals surface area contributed by atoms with Crippen molar-refractivity contribution in [1.82, 2.24) is 4.98 Å². The first-order valence-corrected chi connectivity index (χ1v) is 5.89. The Labute approximate surface area is 121 Å². The number of benzene rings is 1. The molecule has 21 heavy (non-hydrogen) atoms. The van der Waals surface area contributed by atoms with Crippen molar-refractivity contribution in [3.05, 3.63) is 52.4 Å². The minimum absolute atomic E-state index is 0.0434. The Bertz CT molecular complexity index is 722. The molecule has 0 saturated heterocycles. The molecule has 2 aromatic rings. The molecule has 0 amide bonds. The van der Waals surface area contributed by atoms with Crippen LogP contribution in [0.2, 0.25) is 5.02 Å². The summed E-state index contributed by atoms with van der Waals surface area (Å²) in [5.74, 6) is -0.899. The molecule has 0 atom stereocenters. The third kappa shape index (κ3) is 3.41. The van der Waals surface area contributed by atoms with Crippen LogP contribution in [0.3, 0.4) is 0 Å². The van der Waals surface area contributed by atoms with Crippen LogP contribution >= 0.6 is 11.6 Å². The average Bonchev–Trinajstić information content (AvgIpc) is 2.41. The number of hydrogen-bond donors (Lipinski definition) is 1. The highest BCUT2D eigenvalue weighted by molar-refractivity contribution is 6.33. The fraction of sp³-hybridized carbons (Fsp3) is 0.0769. The number of nitrogens with one attached hydrogen (secondary N) is 1. The molecular weight excluding hydrogens is 310 g/mol. The highest BCUT2D eigenvalue weighted by Crippen LogP contribution is 2.31. The van der Waals surface area contributed by atoms with Crippen LogP contribution in [-0.2, 0) is 6.18 Å². The Kier molecular flexibility index (Phi) is 4.00. The largest absolute Gasteiger partial charge is 0.433 e. The molecule has 0 unspecified atom stereocenters. The van der Waals surface area contributed by atoms with Crippen LogP contribution in [-0.4, -0.2) is 4.98 Å². The van der Waals surface area contributed by atoms with E-state index in [-0.39, 0.29) is 22.1 Å². The molecule has 2 rings (SSSR count). The molecule has 0 aliphatic carbocycles. The van der Waals surface area contributed by atoms with Gasteiger partial charge in [-0.2, -0.15) is 18.4 Å². The van der Waals surface area contributed by atoms with Crippen molar-refractivity contribution < 1.29 is 17.6 Å². The smallest absolute Gasteiger partial charge is 0.338 e. The SMILES string of the molecule is N#Cc1ccc(C(F)(F)F)nc1Nc1ccc(F)cc1Cl. The molecule has 1 aromatic heterocycles. The molecule has 8 heteroatoms. The lowest BCUT2D eigenvalue weighted by Gasteiger charge is -2.12. The minimum atomic E-state index is -4.64. The maximum absolute atomic E-state index is 12.9. The van der Waals surface area contributed by atoms with E-state index in [0.29, 0.717) is 6.07 Å². The minimum Gasteiger partial charge on any atom is -0.338 e. The van der Waals surface area contributed by atoms with Crippen molar-refractivity contribution in [2.45, 2.75) is 6.18 Å². The second kappa shape index (κ2) is 5.58. The zero-order chi connectivity index (χ0) is 15.6. The summed E-state index contributed by atoms with van der Waals surface area (Å²) in [4.78, 5) is 3.36. The van der Waals surface area contributed by atoms with Gasteiger partial charge in [-0.15, -0.1) is 0 Å². The zero-order valence-corrected chi connectivity index (χ0v) is 10.9. The second-order valence-electron chi connectivity index (χ2n) is 3.95.